The molecular weight excluding hydrogens is 278 g/mol. The van der Waals surface area contributed by atoms with Gasteiger partial charge in [-0.05, 0) is 43.5 Å². The van der Waals surface area contributed by atoms with Gasteiger partial charge in [0.25, 0.3) is 0 Å². The molecule has 1 saturated heterocycles. The monoisotopic (exact) mass is 299 g/mol. The first kappa shape index (κ1) is 15.4. The lowest BCUT2D eigenvalue weighted by Gasteiger charge is -2.21. The molecule has 1 aliphatic rings. The first-order chi connectivity index (χ1) is 9.23. The van der Waals surface area contributed by atoms with Crippen molar-refractivity contribution in [3.05, 3.63) is 28.8 Å². The Balaban J connectivity index is 2.20. The number of aliphatic hydroxyl groups is 1. The van der Waals surface area contributed by atoms with Crippen molar-refractivity contribution in [3.8, 4) is 0 Å². The van der Waals surface area contributed by atoms with Crippen LogP contribution in [0.3, 0.4) is 0 Å². The van der Waals surface area contributed by atoms with E-state index in [1.54, 1.807) is 13.0 Å². The molecule has 1 aliphatic heterocycles. The van der Waals surface area contributed by atoms with Gasteiger partial charge in [-0.25, -0.2) is 13.1 Å². The van der Waals surface area contributed by atoms with E-state index in [1.807, 2.05) is 19.9 Å². The van der Waals surface area contributed by atoms with Crippen LogP contribution in [0.5, 0.6) is 0 Å². The van der Waals surface area contributed by atoms with Gasteiger partial charge in [-0.3, -0.25) is 0 Å². The molecule has 0 bridgehead atoms. The first-order valence-electron chi connectivity index (χ1n) is 6.61. The van der Waals surface area contributed by atoms with Gasteiger partial charge in [0.2, 0.25) is 10.0 Å². The maximum absolute atomic E-state index is 12.4. The van der Waals surface area contributed by atoms with Crippen LogP contribution in [0.25, 0.3) is 0 Å². The quantitative estimate of drug-likeness (QED) is 0.871. The van der Waals surface area contributed by atoms with Crippen LogP contribution >= 0.6 is 0 Å². The Morgan fingerprint density at radius 2 is 1.90 bits per heavy atom. The van der Waals surface area contributed by atoms with Crippen molar-refractivity contribution in [1.82, 2.24) is 4.72 Å². The molecule has 0 aliphatic carbocycles. The number of aryl methyl sites for hydroxylation is 3. The molecule has 0 saturated carbocycles. The molecule has 1 aromatic carbocycles. The number of hydrogen-bond donors (Lipinski definition) is 2. The van der Waals surface area contributed by atoms with E-state index in [9.17, 15) is 13.5 Å². The molecule has 1 unspecified atom stereocenters. The van der Waals surface area contributed by atoms with Gasteiger partial charge in [0.05, 0.1) is 11.5 Å². The Bertz CT molecular complexity index is 604. The second-order valence-electron chi connectivity index (χ2n) is 5.55. The predicted octanol–water partition coefficient (Wildman–Crippen LogP) is 1.04. The van der Waals surface area contributed by atoms with Gasteiger partial charge in [-0.15, -0.1) is 0 Å². The van der Waals surface area contributed by atoms with E-state index in [2.05, 4.69) is 4.72 Å². The molecule has 0 amide bonds. The molecule has 112 valence electrons. The number of nitrogens with one attached hydrogen (secondary N) is 1. The van der Waals surface area contributed by atoms with E-state index in [1.165, 1.54) is 0 Å². The summed E-state index contributed by atoms with van der Waals surface area (Å²) in [6.07, 6.45) is 0.446. The van der Waals surface area contributed by atoms with Crippen LogP contribution in [-0.4, -0.2) is 38.9 Å². The molecular formula is C14H21NO4S. The lowest BCUT2D eigenvalue weighted by atomic mass is 10.1. The first-order valence-corrected chi connectivity index (χ1v) is 8.09. The summed E-state index contributed by atoms with van der Waals surface area (Å²) < 4.78 is 32.3. The Hall–Kier alpha value is -0.950. The fourth-order valence-corrected chi connectivity index (χ4v) is 3.70. The number of benzene rings is 1. The van der Waals surface area contributed by atoms with E-state index in [4.69, 9.17) is 4.74 Å². The predicted molar refractivity (Wildman–Crippen MR) is 76.2 cm³/mol. The second-order valence-corrected chi connectivity index (χ2v) is 7.29. The fraction of sp³-hybridized carbons (Fsp3) is 0.571. The Morgan fingerprint density at radius 1 is 1.25 bits per heavy atom. The largest absolute Gasteiger partial charge is 0.386 e. The van der Waals surface area contributed by atoms with Gasteiger partial charge >= 0.3 is 0 Å². The van der Waals surface area contributed by atoms with E-state index in [0.29, 0.717) is 18.6 Å². The highest BCUT2D eigenvalue weighted by Crippen LogP contribution is 2.22. The van der Waals surface area contributed by atoms with Crippen molar-refractivity contribution >= 4 is 10.0 Å². The minimum atomic E-state index is -3.62. The van der Waals surface area contributed by atoms with E-state index in [0.717, 1.165) is 11.1 Å². The van der Waals surface area contributed by atoms with Crippen molar-refractivity contribution in [1.29, 1.82) is 0 Å². The standard InChI is InChI=1S/C14H21NO4S/c1-10-6-12(3)13(7-11(10)2)20(17,18)15-8-14(16)4-5-19-9-14/h6-7,15-16H,4-5,8-9H2,1-3H3. The summed E-state index contributed by atoms with van der Waals surface area (Å²) in [5, 5.41) is 10.1. The van der Waals surface area contributed by atoms with Gasteiger partial charge in [0.1, 0.15) is 5.60 Å². The average molecular weight is 299 g/mol. The summed E-state index contributed by atoms with van der Waals surface area (Å²) in [6.45, 7) is 6.20. The summed E-state index contributed by atoms with van der Waals surface area (Å²) in [5.74, 6) is 0. The highest BCUT2D eigenvalue weighted by molar-refractivity contribution is 7.89. The van der Waals surface area contributed by atoms with Crippen molar-refractivity contribution in [3.63, 3.8) is 0 Å². The number of ether oxygens (including phenoxy) is 1. The fourth-order valence-electron chi connectivity index (χ4n) is 2.27. The summed E-state index contributed by atoms with van der Waals surface area (Å²) in [7, 11) is -3.62. The minimum Gasteiger partial charge on any atom is -0.386 e. The average Bonchev–Trinajstić information content (AvgIpc) is 2.79. The highest BCUT2D eigenvalue weighted by Gasteiger charge is 2.33. The smallest absolute Gasteiger partial charge is 0.240 e. The number of rotatable bonds is 4. The number of sulfonamides is 1. The Morgan fingerprint density at radius 3 is 2.50 bits per heavy atom. The van der Waals surface area contributed by atoms with Gasteiger partial charge in [-0.1, -0.05) is 6.07 Å². The van der Waals surface area contributed by atoms with Crippen LogP contribution in [0.15, 0.2) is 17.0 Å². The third-order valence-corrected chi connectivity index (χ3v) is 5.30. The van der Waals surface area contributed by atoms with Gasteiger partial charge in [0, 0.05) is 19.6 Å². The maximum atomic E-state index is 12.4. The minimum absolute atomic E-state index is 0.0261. The maximum Gasteiger partial charge on any atom is 0.240 e. The van der Waals surface area contributed by atoms with Crippen LogP contribution < -0.4 is 4.72 Å². The summed E-state index contributed by atoms with van der Waals surface area (Å²) in [5.41, 5.74) is 1.60. The topological polar surface area (TPSA) is 75.6 Å². The van der Waals surface area contributed by atoms with E-state index in [-0.39, 0.29) is 18.0 Å². The van der Waals surface area contributed by atoms with E-state index >= 15 is 0 Å². The van der Waals surface area contributed by atoms with Gasteiger partial charge in [0.15, 0.2) is 0 Å². The summed E-state index contributed by atoms with van der Waals surface area (Å²) in [6, 6.07) is 3.53. The summed E-state index contributed by atoms with van der Waals surface area (Å²) >= 11 is 0. The lowest BCUT2D eigenvalue weighted by molar-refractivity contribution is 0.0314. The van der Waals surface area contributed by atoms with Crippen LogP contribution in [-0.2, 0) is 14.8 Å². The molecule has 6 heteroatoms. The normalized spacial score (nSPS) is 23.2. The molecule has 1 fully saturated rings. The van der Waals surface area contributed by atoms with Crippen molar-refractivity contribution in [2.24, 2.45) is 0 Å². The van der Waals surface area contributed by atoms with Crippen molar-refractivity contribution in [2.75, 3.05) is 19.8 Å². The SMILES string of the molecule is Cc1cc(C)c(S(=O)(=O)NCC2(O)CCOC2)cc1C. The van der Waals surface area contributed by atoms with Crippen LogP contribution in [0, 0.1) is 20.8 Å². The number of hydrogen-bond acceptors (Lipinski definition) is 4. The zero-order chi connectivity index (χ0) is 15.0. The molecule has 1 aromatic rings. The third-order valence-electron chi connectivity index (χ3n) is 3.75. The van der Waals surface area contributed by atoms with Crippen LogP contribution in [0.4, 0.5) is 0 Å². The van der Waals surface area contributed by atoms with Crippen molar-refractivity contribution in [2.45, 2.75) is 37.7 Å². The highest BCUT2D eigenvalue weighted by atomic mass is 32.2. The third kappa shape index (κ3) is 3.20. The molecule has 0 spiro atoms. The molecule has 1 atom stereocenters. The van der Waals surface area contributed by atoms with Gasteiger partial charge in [-0.2, -0.15) is 0 Å². The van der Waals surface area contributed by atoms with Gasteiger partial charge < -0.3 is 9.84 Å². The molecule has 20 heavy (non-hydrogen) atoms. The van der Waals surface area contributed by atoms with Crippen molar-refractivity contribution < 1.29 is 18.3 Å². The molecule has 0 aromatic heterocycles. The Labute approximate surface area is 120 Å². The molecule has 1 heterocycles. The lowest BCUT2D eigenvalue weighted by Crippen LogP contribution is -2.43. The molecule has 5 nitrogen and oxygen atoms in total. The van der Waals surface area contributed by atoms with Crippen LogP contribution in [0.1, 0.15) is 23.1 Å². The van der Waals surface area contributed by atoms with E-state index < -0.39 is 15.6 Å². The molecule has 2 N–H and O–H groups in total. The second kappa shape index (κ2) is 5.44. The Kier molecular flexibility index (Phi) is 4.20. The molecule has 0 radical (unpaired) electrons. The van der Waals surface area contributed by atoms with Crippen LogP contribution in [0.2, 0.25) is 0 Å². The molecule has 2 rings (SSSR count). The zero-order valence-corrected chi connectivity index (χ0v) is 12.9. The zero-order valence-electron chi connectivity index (χ0n) is 12.1. The summed E-state index contributed by atoms with van der Waals surface area (Å²) in [4.78, 5) is 0.267.